The minimum atomic E-state index is -0.868. The Labute approximate surface area is 150 Å². The molecule has 1 aromatic rings. The Morgan fingerprint density at radius 2 is 2.08 bits per heavy atom. The van der Waals surface area contributed by atoms with Gasteiger partial charge >= 0.3 is 0 Å². The molecule has 2 aliphatic rings. The minimum Gasteiger partial charge on any atom is -0.377 e. The number of amides is 1. The summed E-state index contributed by atoms with van der Waals surface area (Å²) >= 11 is 0. The van der Waals surface area contributed by atoms with Crippen LogP contribution >= 0.6 is 0 Å². The molecule has 0 spiro atoms. The second-order valence-corrected chi connectivity index (χ2v) is 7.72. The van der Waals surface area contributed by atoms with E-state index in [-0.39, 0.29) is 23.3 Å². The monoisotopic (exact) mass is 346 g/mol. The Kier molecular flexibility index (Phi) is 5.19. The number of benzene rings is 1. The molecule has 0 aromatic heterocycles. The summed E-state index contributed by atoms with van der Waals surface area (Å²) in [5.74, 6) is 0.0328. The minimum absolute atomic E-state index is 0.0736. The van der Waals surface area contributed by atoms with Gasteiger partial charge in [0.2, 0.25) is 5.91 Å². The van der Waals surface area contributed by atoms with Crippen molar-refractivity contribution in [2.24, 2.45) is 17.1 Å². The van der Waals surface area contributed by atoms with Gasteiger partial charge in [-0.05, 0) is 30.9 Å². The van der Waals surface area contributed by atoms with Gasteiger partial charge in [-0.1, -0.05) is 38.1 Å². The van der Waals surface area contributed by atoms with Gasteiger partial charge in [-0.3, -0.25) is 4.79 Å². The maximum Gasteiger partial charge on any atom is 0.241 e. The molecule has 1 heterocycles. The highest BCUT2D eigenvalue weighted by Gasteiger charge is 2.70. The lowest BCUT2D eigenvalue weighted by atomic mass is 9.46. The lowest BCUT2D eigenvalue weighted by Crippen LogP contribution is -2.82. The number of hydrogen-bond donors (Lipinski definition) is 2. The van der Waals surface area contributed by atoms with E-state index in [0.717, 1.165) is 30.6 Å². The standard InChI is InChI=1S/C20H30N2O3/c1-4-24-13-15-9-6-5-8-14(15)12-22-18(23)20(21)16-10-7-11-25-17(16)19(20,2)3/h5-6,8-9,16-17H,4,7,10-13,21H2,1-3H3,(H,22,23). The van der Waals surface area contributed by atoms with Crippen molar-refractivity contribution in [1.29, 1.82) is 0 Å². The fourth-order valence-corrected chi connectivity index (χ4v) is 4.44. The first-order valence-corrected chi connectivity index (χ1v) is 9.26. The van der Waals surface area contributed by atoms with Crippen molar-refractivity contribution in [2.45, 2.75) is 58.4 Å². The lowest BCUT2D eigenvalue weighted by molar-refractivity contribution is -0.225. The third-order valence-corrected chi connectivity index (χ3v) is 6.08. The Bertz CT molecular complexity index is 631. The predicted octanol–water partition coefficient (Wildman–Crippen LogP) is 2.37. The van der Waals surface area contributed by atoms with E-state index in [4.69, 9.17) is 15.2 Å². The molecule has 3 rings (SSSR count). The van der Waals surface area contributed by atoms with Gasteiger partial charge in [0.05, 0.1) is 12.7 Å². The van der Waals surface area contributed by atoms with Crippen molar-refractivity contribution in [1.82, 2.24) is 5.32 Å². The molecule has 0 bridgehead atoms. The Morgan fingerprint density at radius 3 is 2.80 bits per heavy atom. The molecule has 5 heteroatoms. The molecule has 3 N–H and O–H groups in total. The first kappa shape index (κ1) is 18.4. The van der Waals surface area contributed by atoms with E-state index in [1.54, 1.807) is 0 Å². The fraction of sp³-hybridized carbons (Fsp3) is 0.650. The van der Waals surface area contributed by atoms with E-state index in [0.29, 0.717) is 19.8 Å². The summed E-state index contributed by atoms with van der Waals surface area (Å²) in [5, 5.41) is 3.07. The molecule has 3 unspecified atom stereocenters. The van der Waals surface area contributed by atoms with Crippen molar-refractivity contribution in [2.75, 3.05) is 13.2 Å². The molecule has 1 aromatic carbocycles. The SMILES string of the molecule is CCOCc1ccccc1CNC(=O)C1(N)C2CCCOC2C1(C)C. The van der Waals surface area contributed by atoms with Crippen LogP contribution in [0.4, 0.5) is 0 Å². The highest BCUT2D eigenvalue weighted by Crippen LogP contribution is 2.57. The smallest absolute Gasteiger partial charge is 0.241 e. The maximum atomic E-state index is 13.0. The van der Waals surface area contributed by atoms with E-state index < -0.39 is 5.54 Å². The first-order chi connectivity index (χ1) is 11.9. The number of nitrogens with two attached hydrogens (primary N) is 1. The van der Waals surface area contributed by atoms with Crippen LogP contribution in [-0.4, -0.2) is 30.8 Å². The summed E-state index contributed by atoms with van der Waals surface area (Å²) in [6.07, 6.45) is 2.02. The second-order valence-electron chi connectivity index (χ2n) is 7.72. The van der Waals surface area contributed by atoms with Crippen molar-refractivity contribution in [3.63, 3.8) is 0 Å². The molecule has 0 radical (unpaired) electrons. The van der Waals surface area contributed by atoms with Gasteiger partial charge in [0, 0.05) is 31.1 Å². The number of fused-ring (bicyclic) bond motifs is 1. The normalized spacial score (nSPS) is 30.2. The van der Waals surface area contributed by atoms with E-state index in [2.05, 4.69) is 5.32 Å². The van der Waals surface area contributed by atoms with Crippen LogP contribution in [-0.2, 0) is 27.4 Å². The number of nitrogens with one attached hydrogen (secondary N) is 1. The van der Waals surface area contributed by atoms with Gasteiger partial charge in [0.1, 0.15) is 5.54 Å². The van der Waals surface area contributed by atoms with Gasteiger partial charge in [-0.25, -0.2) is 0 Å². The topological polar surface area (TPSA) is 73.6 Å². The maximum absolute atomic E-state index is 13.0. The zero-order valence-corrected chi connectivity index (χ0v) is 15.5. The van der Waals surface area contributed by atoms with Crippen LogP contribution in [0.5, 0.6) is 0 Å². The Balaban J connectivity index is 1.69. The van der Waals surface area contributed by atoms with Gasteiger partial charge in [0.15, 0.2) is 0 Å². The van der Waals surface area contributed by atoms with Crippen molar-refractivity contribution in [3.8, 4) is 0 Å². The van der Waals surface area contributed by atoms with Gasteiger partial charge in [-0.15, -0.1) is 0 Å². The summed E-state index contributed by atoms with van der Waals surface area (Å²) < 4.78 is 11.4. The molecule has 3 atom stereocenters. The highest BCUT2D eigenvalue weighted by molar-refractivity contribution is 5.89. The predicted molar refractivity (Wildman–Crippen MR) is 96.8 cm³/mol. The molecule has 5 nitrogen and oxygen atoms in total. The number of carbonyl (C=O) groups is 1. The van der Waals surface area contributed by atoms with E-state index in [1.807, 2.05) is 45.0 Å². The Morgan fingerprint density at radius 1 is 1.36 bits per heavy atom. The van der Waals surface area contributed by atoms with Gasteiger partial charge < -0.3 is 20.5 Å². The van der Waals surface area contributed by atoms with Crippen molar-refractivity contribution >= 4 is 5.91 Å². The van der Waals surface area contributed by atoms with Gasteiger partial charge in [0.25, 0.3) is 0 Å². The van der Waals surface area contributed by atoms with Crippen LogP contribution in [0.2, 0.25) is 0 Å². The zero-order valence-electron chi connectivity index (χ0n) is 15.5. The third-order valence-electron chi connectivity index (χ3n) is 6.08. The van der Waals surface area contributed by atoms with Crippen LogP contribution in [0.1, 0.15) is 44.7 Å². The van der Waals surface area contributed by atoms with E-state index in [1.165, 1.54) is 0 Å². The molecule has 1 amide bonds. The van der Waals surface area contributed by atoms with Crippen LogP contribution in [0.3, 0.4) is 0 Å². The number of ether oxygens (including phenoxy) is 2. The molecule has 1 aliphatic carbocycles. The summed E-state index contributed by atoms with van der Waals surface area (Å²) in [4.78, 5) is 13.0. The first-order valence-electron chi connectivity index (χ1n) is 9.26. The molecule has 1 saturated carbocycles. The molecule has 25 heavy (non-hydrogen) atoms. The number of hydrogen-bond acceptors (Lipinski definition) is 4. The average molecular weight is 346 g/mol. The van der Waals surface area contributed by atoms with Crippen LogP contribution in [0.25, 0.3) is 0 Å². The quantitative estimate of drug-likeness (QED) is 0.829. The van der Waals surface area contributed by atoms with Crippen LogP contribution in [0.15, 0.2) is 24.3 Å². The zero-order chi connectivity index (χ0) is 18.1. The van der Waals surface area contributed by atoms with Crippen LogP contribution < -0.4 is 11.1 Å². The van der Waals surface area contributed by atoms with Crippen molar-refractivity contribution < 1.29 is 14.3 Å². The number of carbonyl (C=O) groups excluding carboxylic acids is 1. The summed E-state index contributed by atoms with van der Waals surface area (Å²) in [6, 6.07) is 8.03. The fourth-order valence-electron chi connectivity index (χ4n) is 4.44. The van der Waals surface area contributed by atoms with Crippen molar-refractivity contribution in [3.05, 3.63) is 35.4 Å². The van der Waals surface area contributed by atoms with E-state index >= 15 is 0 Å². The van der Waals surface area contributed by atoms with E-state index in [9.17, 15) is 4.79 Å². The lowest BCUT2D eigenvalue weighted by Gasteiger charge is -2.65. The molecule has 1 aliphatic heterocycles. The second kappa shape index (κ2) is 7.06. The van der Waals surface area contributed by atoms with Gasteiger partial charge in [-0.2, -0.15) is 0 Å². The molecule has 1 saturated heterocycles. The largest absolute Gasteiger partial charge is 0.377 e. The molecular formula is C20H30N2O3. The summed E-state index contributed by atoms with van der Waals surface area (Å²) in [6.45, 7) is 8.53. The summed E-state index contributed by atoms with van der Waals surface area (Å²) in [7, 11) is 0. The molecule has 138 valence electrons. The third kappa shape index (κ3) is 2.98. The highest BCUT2D eigenvalue weighted by atomic mass is 16.5. The Hall–Kier alpha value is -1.43. The average Bonchev–Trinajstić information content (AvgIpc) is 2.64. The number of rotatable bonds is 6. The molecular weight excluding hydrogens is 316 g/mol. The summed E-state index contributed by atoms with van der Waals surface area (Å²) in [5.41, 5.74) is 7.59. The van der Waals surface area contributed by atoms with Crippen LogP contribution in [0, 0.1) is 11.3 Å². The molecule has 2 fully saturated rings.